The molecule has 1 aromatic rings. The van der Waals surface area contributed by atoms with Gasteiger partial charge < -0.3 is 15.1 Å². The quantitative estimate of drug-likeness (QED) is 0.791. The van der Waals surface area contributed by atoms with Crippen LogP contribution in [0.3, 0.4) is 0 Å². The van der Waals surface area contributed by atoms with Gasteiger partial charge in [-0.3, -0.25) is 0 Å². The van der Waals surface area contributed by atoms with Crippen LogP contribution in [-0.4, -0.2) is 49.7 Å². The average molecular weight is 262 g/mol. The smallest absolute Gasteiger partial charge is 0.128 e. The van der Waals surface area contributed by atoms with Gasteiger partial charge in [0.05, 0.1) is 0 Å². The predicted molar refractivity (Wildman–Crippen MR) is 80.5 cm³/mol. The zero-order chi connectivity index (χ0) is 13.7. The molecule has 1 unspecified atom stereocenters. The van der Waals surface area contributed by atoms with Crippen molar-refractivity contribution in [1.29, 1.82) is 0 Å². The summed E-state index contributed by atoms with van der Waals surface area (Å²) in [5.74, 6) is 1.13. The number of hydrogen-bond donors (Lipinski definition) is 1. The number of hydrogen-bond acceptors (Lipinski definition) is 4. The number of pyridine rings is 1. The molecule has 0 saturated carbocycles. The molecule has 1 aliphatic heterocycles. The number of nitrogens with zero attached hydrogens (tertiary/aromatic N) is 3. The van der Waals surface area contributed by atoms with Gasteiger partial charge >= 0.3 is 0 Å². The zero-order valence-corrected chi connectivity index (χ0v) is 12.4. The standard InChI is InChI=1S/C15H26N4/c1-4-7-16-11-13-5-8-17-15(10-13)19-9-6-14(12-19)18(2)3/h5,8,10,14,16H,4,6-7,9,11-12H2,1-3H3. The third-order valence-corrected chi connectivity index (χ3v) is 3.78. The molecule has 2 rings (SSSR count). The Kier molecular flexibility index (Phi) is 5.16. The van der Waals surface area contributed by atoms with Gasteiger partial charge in [-0.1, -0.05) is 6.92 Å². The average Bonchev–Trinajstić information content (AvgIpc) is 2.89. The Morgan fingerprint density at radius 1 is 1.47 bits per heavy atom. The minimum atomic E-state index is 0.656. The summed E-state index contributed by atoms with van der Waals surface area (Å²) >= 11 is 0. The second-order valence-corrected chi connectivity index (χ2v) is 5.55. The van der Waals surface area contributed by atoms with Gasteiger partial charge in [-0.2, -0.15) is 0 Å². The molecule has 1 aromatic heterocycles. The molecule has 0 spiro atoms. The first-order valence-electron chi connectivity index (χ1n) is 7.27. The summed E-state index contributed by atoms with van der Waals surface area (Å²) in [6.45, 7) is 6.41. The van der Waals surface area contributed by atoms with Crippen LogP contribution in [0.2, 0.25) is 0 Å². The van der Waals surface area contributed by atoms with Gasteiger partial charge in [-0.25, -0.2) is 4.98 Å². The highest BCUT2D eigenvalue weighted by Crippen LogP contribution is 2.20. The van der Waals surface area contributed by atoms with Gasteiger partial charge in [-0.15, -0.1) is 0 Å². The van der Waals surface area contributed by atoms with Gasteiger partial charge in [0, 0.05) is 31.9 Å². The fraction of sp³-hybridized carbons (Fsp3) is 0.667. The Bertz CT molecular complexity index is 391. The maximum atomic E-state index is 4.52. The number of nitrogens with one attached hydrogen (secondary N) is 1. The number of rotatable bonds is 6. The topological polar surface area (TPSA) is 31.4 Å². The van der Waals surface area contributed by atoms with E-state index in [0.29, 0.717) is 6.04 Å². The number of likely N-dealkylation sites (N-methyl/N-ethyl adjacent to an activating group) is 1. The van der Waals surface area contributed by atoms with Gasteiger partial charge in [0.15, 0.2) is 0 Å². The van der Waals surface area contributed by atoms with Crippen LogP contribution >= 0.6 is 0 Å². The highest BCUT2D eigenvalue weighted by atomic mass is 15.3. The van der Waals surface area contributed by atoms with Crippen molar-refractivity contribution >= 4 is 5.82 Å². The van der Waals surface area contributed by atoms with E-state index < -0.39 is 0 Å². The molecule has 0 bridgehead atoms. The van der Waals surface area contributed by atoms with Crippen LogP contribution in [0, 0.1) is 0 Å². The number of anilines is 1. The lowest BCUT2D eigenvalue weighted by molar-refractivity contribution is 0.315. The molecule has 4 heteroatoms. The number of aromatic nitrogens is 1. The third kappa shape index (κ3) is 3.91. The lowest BCUT2D eigenvalue weighted by Crippen LogP contribution is -2.31. The summed E-state index contributed by atoms with van der Waals surface area (Å²) in [6, 6.07) is 4.98. The molecule has 0 aliphatic carbocycles. The van der Waals surface area contributed by atoms with Crippen LogP contribution in [0.15, 0.2) is 18.3 Å². The Morgan fingerprint density at radius 3 is 3.00 bits per heavy atom. The van der Waals surface area contributed by atoms with Crippen LogP contribution in [-0.2, 0) is 6.54 Å². The van der Waals surface area contributed by atoms with E-state index in [2.05, 4.69) is 53.3 Å². The fourth-order valence-corrected chi connectivity index (χ4v) is 2.52. The van der Waals surface area contributed by atoms with Gasteiger partial charge in [0.1, 0.15) is 5.82 Å². The van der Waals surface area contributed by atoms with Gasteiger partial charge in [-0.05, 0) is 51.2 Å². The molecule has 1 aliphatic rings. The van der Waals surface area contributed by atoms with Crippen molar-refractivity contribution in [2.75, 3.05) is 38.6 Å². The molecule has 2 heterocycles. The van der Waals surface area contributed by atoms with E-state index in [1.165, 1.54) is 18.4 Å². The molecule has 0 amide bonds. The molecule has 0 radical (unpaired) electrons. The summed E-state index contributed by atoms with van der Waals surface area (Å²) in [5, 5.41) is 3.44. The van der Waals surface area contributed by atoms with Crippen molar-refractivity contribution in [2.24, 2.45) is 0 Å². The predicted octanol–water partition coefficient (Wildman–Crippen LogP) is 1.72. The van der Waals surface area contributed by atoms with Crippen molar-refractivity contribution in [3.63, 3.8) is 0 Å². The summed E-state index contributed by atoms with van der Waals surface area (Å²) in [4.78, 5) is 9.23. The summed E-state index contributed by atoms with van der Waals surface area (Å²) < 4.78 is 0. The molecule has 19 heavy (non-hydrogen) atoms. The zero-order valence-electron chi connectivity index (χ0n) is 12.4. The van der Waals surface area contributed by atoms with E-state index in [1.54, 1.807) is 0 Å². The highest BCUT2D eigenvalue weighted by molar-refractivity contribution is 5.42. The van der Waals surface area contributed by atoms with E-state index in [-0.39, 0.29) is 0 Å². The van der Waals surface area contributed by atoms with Crippen LogP contribution < -0.4 is 10.2 Å². The monoisotopic (exact) mass is 262 g/mol. The van der Waals surface area contributed by atoms with Crippen molar-refractivity contribution in [2.45, 2.75) is 32.4 Å². The molecular formula is C15H26N4. The molecule has 1 N–H and O–H groups in total. The maximum Gasteiger partial charge on any atom is 0.128 e. The lowest BCUT2D eigenvalue weighted by atomic mass is 10.2. The first kappa shape index (κ1) is 14.3. The van der Waals surface area contributed by atoms with E-state index >= 15 is 0 Å². The van der Waals surface area contributed by atoms with Gasteiger partial charge in [0.25, 0.3) is 0 Å². The van der Waals surface area contributed by atoms with Crippen LogP contribution in [0.5, 0.6) is 0 Å². The molecule has 1 fully saturated rings. The summed E-state index contributed by atoms with van der Waals surface area (Å²) in [7, 11) is 4.32. The molecule has 1 atom stereocenters. The summed E-state index contributed by atoms with van der Waals surface area (Å²) in [5.41, 5.74) is 1.33. The Hall–Kier alpha value is -1.13. The largest absolute Gasteiger partial charge is 0.355 e. The van der Waals surface area contributed by atoms with Crippen LogP contribution in [0.25, 0.3) is 0 Å². The molecule has 4 nitrogen and oxygen atoms in total. The van der Waals surface area contributed by atoms with Crippen LogP contribution in [0.4, 0.5) is 5.82 Å². The van der Waals surface area contributed by atoms with E-state index in [9.17, 15) is 0 Å². The minimum Gasteiger partial charge on any atom is -0.355 e. The van der Waals surface area contributed by atoms with E-state index in [0.717, 1.165) is 32.0 Å². The molecule has 0 aromatic carbocycles. The first-order valence-corrected chi connectivity index (χ1v) is 7.27. The Labute approximate surface area is 116 Å². The highest BCUT2D eigenvalue weighted by Gasteiger charge is 2.24. The van der Waals surface area contributed by atoms with Crippen molar-refractivity contribution in [3.8, 4) is 0 Å². The van der Waals surface area contributed by atoms with E-state index in [1.807, 2.05) is 6.20 Å². The molecule has 106 valence electrons. The Morgan fingerprint density at radius 2 is 2.32 bits per heavy atom. The first-order chi connectivity index (χ1) is 9.20. The second-order valence-electron chi connectivity index (χ2n) is 5.55. The SMILES string of the molecule is CCCNCc1ccnc(N2CCC(N(C)C)C2)c1. The molecule has 1 saturated heterocycles. The Balaban J connectivity index is 1.95. The van der Waals surface area contributed by atoms with Gasteiger partial charge in [0.2, 0.25) is 0 Å². The van der Waals surface area contributed by atoms with E-state index in [4.69, 9.17) is 0 Å². The summed E-state index contributed by atoms with van der Waals surface area (Å²) in [6.07, 6.45) is 4.34. The fourth-order valence-electron chi connectivity index (χ4n) is 2.52. The minimum absolute atomic E-state index is 0.656. The van der Waals surface area contributed by atoms with Crippen molar-refractivity contribution in [3.05, 3.63) is 23.9 Å². The maximum absolute atomic E-state index is 4.52. The second kappa shape index (κ2) is 6.87. The van der Waals surface area contributed by atoms with Crippen molar-refractivity contribution < 1.29 is 0 Å². The normalized spacial score (nSPS) is 19.4. The third-order valence-electron chi connectivity index (χ3n) is 3.78. The molecular weight excluding hydrogens is 236 g/mol. The lowest BCUT2D eigenvalue weighted by Gasteiger charge is -2.21. The van der Waals surface area contributed by atoms with Crippen LogP contribution in [0.1, 0.15) is 25.3 Å². The van der Waals surface area contributed by atoms with Crippen molar-refractivity contribution in [1.82, 2.24) is 15.2 Å².